The van der Waals surface area contributed by atoms with Gasteiger partial charge in [-0.15, -0.1) is 0 Å². The van der Waals surface area contributed by atoms with Crippen LogP contribution in [0.15, 0.2) is 54.6 Å². The van der Waals surface area contributed by atoms with Crippen molar-refractivity contribution in [1.29, 1.82) is 0 Å². The number of amides is 3. The van der Waals surface area contributed by atoms with Gasteiger partial charge in [0.25, 0.3) is 11.8 Å². The molecular formula is C29H36N4O4. The van der Waals surface area contributed by atoms with Gasteiger partial charge < -0.3 is 24.8 Å². The Balaban J connectivity index is 1.30. The topological polar surface area (TPSA) is 82.2 Å². The van der Waals surface area contributed by atoms with Crippen LogP contribution in [0.3, 0.4) is 0 Å². The van der Waals surface area contributed by atoms with Gasteiger partial charge in [-0.3, -0.25) is 14.4 Å². The van der Waals surface area contributed by atoms with Crippen LogP contribution in [0.25, 0.3) is 0 Å². The van der Waals surface area contributed by atoms with E-state index in [-0.39, 0.29) is 30.3 Å². The number of methoxy groups -OCH3 is 1. The van der Waals surface area contributed by atoms with Crippen molar-refractivity contribution in [2.45, 2.75) is 56.5 Å². The van der Waals surface area contributed by atoms with Gasteiger partial charge in [0.1, 0.15) is 17.8 Å². The summed E-state index contributed by atoms with van der Waals surface area (Å²) in [4.78, 5) is 45.6. The first-order valence-electron chi connectivity index (χ1n) is 13.3. The number of carbonyl (C=O) groups excluding carboxylic acids is 3. The molecule has 2 heterocycles. The molecule has 1 aliphatic carbocycles. The lowest BCUT2D eigenvalue weighted by molar-refractivity contribution is -0.137. The molecule has 1 spiro atoms. The molecule has 2 saturated heterocycles. The first-order valence-corrected chi connectivity index (χ1v) is 13.3. The van der Waals surface area contributed by atoms with Gasteiger partial charge in [-0.05, 0) is 62.1 Å². The molecule has 37 heavy (non-hydrogen) atoms. The zero-order chi connectivity index (χ0) is 25.8. The van der Waals surface area contributed by atoms with Gasteiger partial charge in [0.15, 0.2) is 0 Å². The van der Waals surface area contributed by atoms with Crippen LogP contribution >= 0.6 is 0 Å². The Morgan fingerprint density at radius 3 is 2.30 bits per heavy atom. The van der Waals surface area contributed by atoms with E-state index in [4.69, 9.17) is 4.74 Å². The molecule has 1 N–H and O–H groups in total. The third kappa shape index (κ3) is 5.15. The molecule has 2 aromatic carbocycles. The summed E-state index contributed by atoms with van der Waals surface area (Å²) in [5, 5.41) is 3.15. The van der Waals surface area contributed by atoms with Crippen LogP contribution in [-0.4, -0.2) is 72.5 Å². The fourth-order valence-corrected chi connectivity index (χ4v) is 6.01. The monoisotopic (exact) mass is 504 g/mol. The highest BCUT2D eigenvalue weighted by Gasteiger charge is 2.54. The van der Waals surface area contributed by atoms with E-state index in [0.29, 0.717) is 43.9 Å². The number of rotatable bonds is 6. The second-order valence-electron chi connectivity index (χ2n) is 10.4. The minimum atomic E-state index is -0.761. The second kappa shape index (κ2) is 10.8. The minimum absolute atomic E-state index is 0.0216. The lowest BCUT2D eigenvalue weighted by Gasteiger charge is -2.43. The second-order valence-corrected chi connectivity index (χ2v) is 10.4. The lowest BCUT2D eigenvalue weighted by Crippen LogP contribution is -2.57. The molecule has 5 rings (SSSR count). The molecule has 1 saturated carbocycles. The van der Waals surface area contributed by atoms with Crippen LogP contribution in [0.1, 0.15) is 55.3 Å². The Kier molecular flexibility index (Phi) is 7.35. The van der Waals surface area contributed by atoms with Crippen LogP contribution in [0.2, 0.25) is 0 Å². The van der Waals surface area contributed by atoms with Crippen LogP contribution in [0.4, 0.5) is 5.69 Å². The quantitative estimate of drug-likeness (QED) is 0.652. The zero-order valence-corrected chi connectivity index (χ0v) is 21.5. The maximum absolute atomic E-state index is 13.9. The SMILES string of the molecule is COc1ccc(C(=O)N2CCC3(CC2)C(=O)N(CC(=O)NC2CCCCC2)CN3c2ccccc2)cc1. The smallest absolute Gasteiger partial charge is 0.253 e. The molecule has 0 aromatic heterocycles. The molecule has 8 heteroatoms. The van der Waals surface area contributed by atoms with E-state index in [1.165, 1.54) is 6.42 Å². The van der Waals surface area contributed by atoms with Crippen LogP contribution in [-0.2, 0) is 9.59 Å². The standard InChI is InChI=1S/C29H36N4O4/c1-37-25-14-12-22(13-15-25)27(35)31-18-16-29(17-19-31)28(36)32(21-33(29)24-10-6-3-7-11-24)20-26(34)30-23-8-4-2-5-9-23/h3,6-7,10-15,23H,2,4-5,8-9,16-21H2,1H3,(H,30,34). The fourth-order valence-electron chi connectivity index (χ4n) is 6.01. The van der Waals surface area contributed by atoms with Crippen LogP contribution in [0, 0.1) is 0 Å². The molecule has 0 bridgehead atoms. The molecule has 2 aliphatic heterocycles. The van der Waals surface area contributed by atoms with Gasteiger partial charge in [-0.1, -0.05) is 37.5 Å². The highest BCUT2D eigenvalue weighted by Crippen LogP contribution is 2.39. The van der Waals surface area contributed by atoms with Crippen molar-refractivity contribution in [1.82, 2.24) is 15.1 Å². The number of anilines is 1. The van der Waals surface area contributed by atoms with Gasteiger partial charge in [0.2, 0.25) is 5.91 Å². The van der Waals surface area contributed by atoms with E-state index in [9.17, 15) is 14.4 Å². The molecule has 8 nitrogen and oxygen atoms in total. The minimum Gasteiger partial charge on any atom is -0.497 e. The number of ether oxygens (including phenoxy) is 1. The summed E-state index contributed by atoms with van der Waals surface area (Å²) in [5.41, 5.74) is 0.805. The molecule has 3 amide bonds. The number of benzene rings is 2. The first kappa shape index (κ1) is 25.1. The maximum Gasteiger partial charge on any atom is 0.253 e. The van der Waals surface area contributed by atoms with Crippen molar-refractivity contribution < 1.29 is 19.1 Å². The number of hydrogen-bond acceptors (Lipinski definition) is 5. The van der Waals surface area contributed by atoms with Crippen molar-refractivity contribution >= 4 is 23.4 Å². The van der Waals surface area contributed by atoms with Gasteiger partial charge in [-0.2, -0.15) is 0 Å². The molecule has 0 unspecified atom stereocenters. The molecular weight excluding hydrogens is 468 g/mol. The normalized spacial score (nSPS) is 19.8. The van der Waals surface area contributed by atoms with Crippen molar-refractivity contribution in [2.75, 3.05) is 38.3 Å². The summed E-state index contributed by atoms with van der Waals surface area (Å²) in [6.07, 6.45) is 6.57. The van der Waals surface area contributed by atoms with Gasteiger partial charge in [0.05, 0.1) is 13.8 Å². The largest absolute Gasteiger partial charge is 0.497 e. The molecule has 3 aliphatic rings. The molecule has 196 valence electrons. The number of hydrogen-bond donors (Lipinski definition) is 1. The summed E-state index contributed by atoms with van der Waals surface area (Å²) in [5.74, 6) is 0.555. The number of piperidine rings is 1. The van der Waals surface area contributed by atoms with E-state index in [1.54, 1.807) is 36.3 Å². The Morgan fingerprint density at radius 2 is 1.65 bits per heavy atom. The third-order valence-electron chi connectivity index (χ3n) is 8.10. The van der Waals surface area contributed by atoms with Crippen molar-refractivity contribution in [2.24, 2.45) is 0 Å². The van der Waals surface area contributed by atoms with Crippen molar-refractivity contribution in [3.05, 3.63) is 60.2 Å². The van der Waals surface area contributed by atoms with E-state index in [2.05, 4.69) is 10.2 Å². The average Bonchev–Trinajstić information content (AvgIpc) is 3.20. The molecule has 2 aromatic rings. The summed E-state index contributed by atoms with van der Waals surface area (Å²) in [7, 11) is 1.60. The third-order valence-corrected chi connectivity index (χ3v) is 8.10. The number of carbonyl (C=O) groups is 3. The van der Waals surface area contributed by atoms with E-state index < -0.39 is 5.54 Å². The Morgan fingerprint density at radius 1 is 0.973 bits per heavy atom. The van der Waals surface area contributed by atoms with Crippen molar-refractivity contribution in [3.8, 4) is 5.75 Å². The molecule has 0 atom stereocenters. The number of para-hydroxylation sites is 1. The summed E-state index contributed by atoms with van der Waals surface area (Å²) >= 11 is 0. The Bertz CT molecular complexity index is 1110. The Labute approximate surface area is 218 Å². The van der Waals surface area contributed by atoms with E-state index in [1.807, 2.05) is 35.2 Å². The number of nitrogens with zero attached hydrogens (tertiary/aromatic N) is 3. The zero-order valence-electron chi connectivity index (χ0n) is 21.5. The van der Waals surface area contributed by atoms with Crippen LogP contribution < -0.4 is 15.0 Å². The van der Waals surface area contributed by atoms with Crippen molar-refractivity contribution in [3.63, 3.8) is 0 Å². The first-order chi connectivity index (χ1) is 18.0. The molecule has 0 radical (unpaired) electrons. The van der Waals surface area contributed by atoms with E-state index >= 15 is 0 Å². The van der Waals surface area contributed by atoms with Gasteiger partial charge in [0, 0.05) is 30.4 Å². The van der Waals surface area contributed by atoms with Gasteiger partial charge >= 0.3 is 0 Å². The Hall–Kier alpha value is -3.55. The predicted octanol–water partition coefficient (Wildman–Crippen LogP) is 3.43. The highest BCUT2D eigenvalue weighted by atomic mass is 16.5. The maximum atomic E-state index is 13.9. The summed E-state index contributed by atoms with van der Waals surface area (Å²) in [6.45, 7) is 1.38. The summed E-state index contributed by atoms with van der Waals surface area (Å²) < 4.78 is 5.20. The summed E-state index contributed by atoms with van der Waals surface area (Å²) in [6, 6.07) is 17.2. The van der Waals surface area contributed by atoms with E-state index in [0.717, 1.165) is 31.4 Å². The fraction of sp³-hybridized carbons (Fsp3) is 0.483. The highest BCUT2D eigenvalue weighted by molar-refractivity contribution is 5.97. The lowest BCUT2D eigenvalue weighted by atomic mass is 9.85. The molecule has 3 fully saturated rings. The average molecular weight is 505 g/mol. The van der Waals surface area contributed by atoms with Gasteiger partial charge in [-0.25, -0.2) is 0 Å². The predicted molar refractivity (Wildman–Crippen MR) is 141 cm³/mol. The number of nitrogens with one attached hydrogen (secondary N) is 1. The van der Waals surface area contributed by atoms with Crippen LogP contribution in [0.5, 0.6) is 5.75 Å². The number of likely N-dealkylation sites (tertiary alicyclic amines) is 1.